The number of fused-ring (bicyclic) bond motifs is 5. The SMILES string of the molecule is CCC1=[O+]c2ccccc2C2=C(c3ccccc3)c3ccccc3C12. The maximum atomic E-state index is 6.32. The van der Waals surface area contributed by atoms with E-state index in [2.05, 4.69) is 85.8 Å². The minimum absolute atomic E-state index is 0.228. The quantitative estimate of drug-likeness (QED) is 0.514. The molecule has 1 unspecified atom stereocenters. The van der Waals surface area contributed by atoms with Gasteiger partial charge in [0.25, 0.3) is 0 Å². The Morgan fingerprint density at radius 2 is 1.44 bits per heavy atom. The summed E-state index contributed by atoms with van der Waals surface area (Å²) in [6.45, 7) is 2.18. The van der Waals surface area contributed by atoms with Crippen LogP contribution >= 0.6 is 0 Å². The molecule has 3 aromatic carbocycles. The van der Waals surface area contributed by atoms with E-state index in [0.29, 0.717) is 0 Å². The van der Waals surface area contributed by atoms with Gasteiger partial charge in [0.15, 0.2) is 0 Å². The van der Waals surface area contributed by atoms with Crippen molar-refractivity contribution >= 4 is 16.9 Å². The van der Waals surface area contributed by atoms with Gasteiger partial charge in [0.2, 0.25) is 0 Å². The molecule has 1 nitrogen and oxygen atoms in total. The number of benzene rings is 3. The van der Waals surface area contributed by atoms with Gasteiger partial charge in [-0.2, -0.15) is 0 Å². The molecule has 1 heterocycles. The Labute approximate surface area is 148 Å². The Morgan fingerprint density at radius 1 is 0.760 bits per heavy atom. The van der Waals surface area contributed by atoms with Crippen molar-refractivity contribution in [3.05, 3.63) is 101 Å². The van der Waals surface area contributed by atoms with Crippen molar-refractivity contribution in [2.45, 2.75) is 19.3 Å². The van der Waals surface area contributed by atoms with Gasteiger partial charge in [-0.25, -0.2) is 4.42 Å². The van der Waals surface area contributed by atoms with Crippen molar-refractivity contribution in [2.24, 2.45) is 0 Å². The van der Waals surface area contributed by atoms with Crippen LogP contribution in [-0.2, 0) is 4.42 Å². The molecule has 25 heavy (non-hydrogen) atoms. The molecule has 1 atom stereocenters. The molecule has 0 spiro atoms. The van der Waals surface area contributed by atoms with Crippen molar-refractivity contribution < 1.29 is 4.42 Å². The van der Waals surface area contributed by atoms with E-state index in [1.807, 2.05) is 0 Å². The lowest BCUT2D eigenvalue weighted by molar-refractivity contribution is -0.371. The van der Waals surface area contributed by atoms with Crippen molar-refractivity contribution in [3.63, 3.8) is 0 Å². The zero-order valence-electron chi connectivity index (χ0n) is 14.2. The second kappa shape index (κ2) is 5.56. The normalized spacial score (nSPS) is 17.6. The van der Waals surface area contributed by atoms with E-state index < -0.39 is 0 Å². The van der Waals surface area contributed by atoms with Crippen LogP contribution in [0.15, 0.2) is 78.9 Å². The van der Waals surface area contributed by atoms with Gasteiger partial charge in [0.1, 0.15) is 5.92 Å². The van der Waals surface area contributed by atoms with Crippen LogP contribution in [0.4, 0.5) is 0 Å². The Balaban J connectivity index is 1.90. The molecule has 0 radical (unpaired) electrons. The Bertz CT molecular complexity index is 1020. The summed E-state index contributed by atoms with van der Waals surface area (Å²) >= 11 is 0. The van der Waals surface area contributed by atoms with Crippen LogP contribution in [0, 0.1) is 0 Å². The summed E-state index contributed by atoms with van der Waals surface area (Å²) in [7, 11) is 0. The molecule has 3 aromatic rings. The molecule has 1 heteroatoms. The topological polar surface area (TPSA) is 11.3 Å². The monoisotopic (exact) mass is 323 g/mol. The first kappa shape index (κ1) is 14.4. The number of allylic oxidation sites excluding steroid dienone is 1. The van der Waals surface area contributed by atoms with Gasteiger partial charge in [0, 0.05) is 6.07 Å². The largest absolute Gasteiger partial charge is 0.360 e. The van der Waals surface area contributed by atoms with Gasteiger partial charge >= 0.3 is 11.5 Å². The minimum atomic E-state index is 0.228. The van der Waals surface area contributed by atoms with E-state index >= 15 is 0 Å². The molecule has 0 fully saturated rings. The van der Waals surface area contributed by atoms with E-state index in [0.717, 1.165) is 18.0 Å². The van der Waals surface area contributed by atoms with Crippen LogP contribution in [0.1, 0.15) is 41.5 Å². The molecular weight excluding hydrogens is 304 g/mol. The molecule has 1 aliphatic heterocycles. The summed E-state index contributed by atoms with van der Waals surface area (Å²) in [6.07, 6.45) is 0.916. The summed E-state index contributed by atoms with van der Waals surface area (Å²) in [5.74, 6) is 2.35. The molecule has 0 N–H and O–H groups in total. The third-order valence-corrected chi connectivity index (χ3v) is 5.25. The first-order valence-corrected chi connectivity index (χ1v) is 8.90. The average molecular weight is 323 g/mol. The molecular formula is C24H19O+. The number of carbonyl (C=O) groups excluding carboxylic acids is 1. The second-order valence-corrected chi connectivity index (χ2v) is 6.59. The van der Waals surface area contributed by atoms with Gasteiger partial charge in [-0.05, 0) is 33.9 Å². The van der Waals surface area contributed by atoms with E-state index in [1.54, 1.807) is 0 Å². The first-order valence-electron chi connectivity index (χ1n) is 8.90. The average Bonchev–Trinajstić information content (AvgIpc) is 3.04. The molecule has 0 saturated carbocycles. The van der Waals surface area contributed by atoms with Crippen molar-refractivity contribution in [2.75, 3.05) is 0 Å². The van der Waals surface area contributed by atoms with Crippen LogP contribution < -0.4 is 0 Å². The number of hydrogen-bond acceptors (Lipinski definition) is 0. The first-order chi connectivity index (χ1) is 12.4. The third kappa shape index (κ3) is 2.05. The summed E-state index contributed by atoms with van der Waals surface area (Å²) in [4.78, 5) is 0. The molecule has 0 aromatic heterocycles. The Morgan fingerprint density at radius 3 is 2.24 bits per heavy atom. The molecule has 0 amide bonds. The smallest absolute Gasteiger partial charge is 0.216 e. The minimum Gasteiger partial charge on any atom is -0.216 e. The highest BCUT2D eigenvalue weighted by Crippen LogP contribution is 2.54. The lowest BCUT2D eigenvalue weighted by Gasteiger charge is -2.16. The van der Waals surface area contributed by atoms with Gasteiger partial charge in [-0.15, -0.1) is 0 Å². The van der Waals surface area contributed by atoms with Gasteiger partial charge < -0.3 is 0 Å². The van der Waals surface area contributed by atoms with Crippen molar-refractivity contribution in [1.82, 2.24) is 0 Å². The second-order valence-electron chi connectivity index (χ2n) is 6.59. The van der Waals surface area contributed by atoms with E-state index in [-0.39, 0.29) is 5.92 Å². The predicted octanol–water partition coefficient (Wildman–Crippen LogP) is 5.98. The zero-order chi connectivity index (χ0) is 16.8. The van der Waals surface area contributed by atoms with Crippen LogP contribution in [0.3, 0.4) is 0 Å². The predicted molar refractivity (Wildman–Crippen MR) is 103 cm³/mol. The fraction of sp³-hybridized carbons (Fsp3) is 0.125. The lowest BCUT2D eigenvalue weighted by Crippen LogP contribution is -2.17. The molecule has 120 valence electrons. The zero-order valence-corrected chi connectivity index (χ0v) is 14.2. The fourth-order valence-electron chi connectivity index (χ4n) is 4.22. The number of hydrogen-bond donors (Lipinski definition) is 0. The summed E-state index contributed by atoms with van der Waals surface area (Å²) in [6, 6.07) is 28.0. The number of rotatable bonds is 2. The highest BCUT2D eigenvalue weighted by molar-refractivity contribution is 6.16. The Hall–Kier alpha value is -2.93. The number of ketones is 1. The van der Waals surface area contributed by atoms with Crippen LogP contribution in [0.5, 0.6) is 5.75 Å². The molecule has 0 saturated heterocycles. The van der Waals surface area contributed by atoms with Gasteiger partial charge in [0.05, 0.1) is 12.0 Å². The van der Waals surface area contributed by atoms with Crippen LogP contribution in [-0.4, -0.2) is 5.78 Å². The maximum absolute atomic E-state index is 6.32. The Kier molecular flexibility index (Phi) is 3.21. The van der Waals surface area contributed by atoms with E-state index in [9.17, 15) is 0 Å². The maximum Gasteiger partial charge on any atom is 0.360 e. The van der Waals surface area contributed by atoms with E-state index in [4.69, 9.17) is 4.42 Å². The lowest BCUT2D eigenvalue weighted by atomic mass is 9.84. The molecule has 2 aliphatic rings. The summed E-state index contributed by atoms with van der Waals surface area (Å²) in [5.41, 5.74) is 7.94. The summed E-state index contributed by atoms with van der Waals surface area (Å²) < 4.78 is 6.32. The highest BCUT2D eigenvalue weighted by Gasteiger charge is 2.45. The van der Waals surface area contributed by atoms with Crippen LogP contribution in [0.2, 0.25) is 0 Å². The highest BCUT2D eigenvalue weighted by atomic mass is 16.4. The van der Waals surface area contributed by atoms with Crippen LogP contribution in [0.25, 0.3) is 11.1 Å². The molecule has 1 aliphatic carbocycles. The van der Waals surface area contributed by atoms with Gasteiger partial charge in [-0.3, -0.25) is 0 Å². The molecule has 0 bridgehead atoms. The van der Waals surface area contributed by atoms with Gasteiger partial charge in [-0.1, -0.05) is 73.7 Å². The third-order valence-electron chi connectivity index (χ3n) is 5.25. The van der Waals surface area contributed by atoms with Crippen molar-refractivity contribution in [1.29, 1.82) is 0 Å². The summed E-state index contributed by atoms with van der Waals surface area (Å²) in [5, 5.41) is 0. The standard InChI is InChI=1S/C24H19O/c1-2-20-23-18-13-7-6-12-17(18)22(16-10-4-3-5-11-16)24(23)19-14-8-9-15-21(19)25-20/h3-15,23H,2H2,1H3/q+1. The number of para-hydroxylation sites is 1. The van der Waals surface area contributed by atoms with Crippen molar-refractivity contribution in [3.8, 4) is 5.75 Å². The fourth-order valence-corrected chi connectivity index (χ4v) is 4.22. The van der Waals surface area contributed by atoms with E-state index in [1.165, 1.54) is 33.4 Å². The molecule has 5 rings (SSSR count).